The lowest BCUT2D eigenvalue weighted by molar-refractivity contribution is -0.605. The van der Waals surface area contributed by atoms with Crippen LogP contribution in [-0.2, 0) is 10.0 Å². The van der Waals surface area contributed by atoms with E-state index in [2.05, 4.69) is 9.97 Å². The molecule has 3 aromatic heterocycles. The smallest absolute Gasteiger partial charge is 0.292 e. The second-order valence-corrected chi connectivity index (χ2v) is 12.8. The van der Waals surface area contributed by atoms with E-state index >= 15 is 0 Å². The molecule has 2 saturated heterocycles. The topological polar surface area (TPSA) is 151 Å². The summed E-state index contributed by atoms with van der Waals surface area (Å²) in [6.07, 6.45) is 2.86. The second-order valence-electron chi connectivity index (χ2n) is 9.14. The highest BCUT2D eigenvalue weighted by Gasteiger charge is 2.56. The van der Waals surface area contributed by atoms with E-state index < -0.39 is 40.2 Å². The molecule has 5 heterocycles. The standard InChI is InChI=1S/C24H20ClN5O6S2/c25-16-2-1-14-7-20(37-19(14)8-16)38(35,36)29-11-17-21(31)22(32)18(12-29)30(17)24(33)23-26-9-15(10-27-23)13-3-5-28(34)6-4-13/h1-10,17-18,21-22,31-32H,11-12H2. The molecule has 14 heteroatoms. The minimum atomic E-state index is -3.97. The summed E-state index contributed by atoms with van der Waals surface area (Å²) in [6.45, 7) is -0.399. The Hall–Kier alpha value is -3.20. The normalized spacial score (nSPS) is 23.7. The van der Waals surface area contributed by atoms with E-state index in [4.69, 9.17) is 11.6 Å². The van der Waals surface area contributed by atoms with Gasteiger partial charge in [0, 0.05) is 52.9 Å². The molecule has 2 N–H and O–H groups in total. The van der Waals surface area contributed by atoms with Crippen LogP contribution in [0.3, 0.4) is 0 Å². The fourth-order valence-corrected chi connectivity index (χ4v) is 8.26. The Balaban J connectivity index is 1.26. The Bertz CT molecular complexity index is 1630. The zero-order chi connectivity index (χ0) is 26.8. The molecule has 4 aromatic rings. The summed E-state index contributed by atoms with van der Waals surface area (Å²) < 4.78 is 29.7. The molecule has 0 spiro atoms. The van der Waals surface area contributed by atoms with Crippen LogP contribution in [0.2, 0.25) is 5.02 Å². The monoisotopic (exact) mass is 573 g/mol. The van der Waals surface area contributed by atoms with Gasteiger partial charge < -0.3 is 20.3 Å². The molecule has 4 atom stereocenters. The number of halogens is 1. The third kappa shape index (κ3) is 4.11. The first kappa shape index (κ1) is 25.1. The van der Waals surface area contributed by atoms with Crippen molar-refractivity contribution < 1.29 is 28.2 Å². The summed E-state index contributed by atoms with van der Waals surface area (Å²) in [6, 6.07) is 7.88. The Morgan fingerprint density at radius 3 is 2.29 bits per heavy atom. The van der Waals surface area contributed by atoms with Gasteiger partial charge in [0.15, 0.2) is 12.4 Å². The van der Waals surface area contributed by atoms with Crippen molar-refractivity contribution >= 4 is 49.0 Å². The molecule has 4 unspecified atom stereocenters. The van der Waals surface area contributed by atoms with E-state index in [9.17, 15) is 28.6 Å². The number of pyridine rings is 1. The number of carbonyl (C=O) groups is 1. The van der Waals surface area contributed by atoms with Crippen LogP contribution in [0.25, 0.3) is 21.2 Å². The van der Waals surface area contributed by atoms with Crippen molar-refractivity contribution in [2.75, 3.05) is 13.1 Å². The first-order valence-electron chi connectivity index (χ1n) is 11.5. The first-order chi connectivity index (χ1) is 18.1. The summed E-state index contributed by atoms with van der Waals surface area (Å²) in [5.74, 6) is -0.779. The number of thiophene rings is 1. The molecule has 2 fully saturated rings. The van der Waals surface area contributed by atoms with Gasteiger partial charge in [-0.05, 0) is 29.1 Å². The zero-order valence-corrected chi connectivity index (χ0v) is 21.8. The SMILES string of the molecule is O=C(c1ncc(-c2cc[n+]([O-])cc2)cn1)N1C2CN(S(=O)(=O)c3cc4ccc(Cl)cc4s3)CC1C(O)C2O. The molecule has 0 aliphatic carbocycles. The molecule has 0 saturated carbocycles. The molecular weight excluding hydrogens is 554 g/mol. The number of hydrogen-bond acceptors (Lipinski definition) is 9. The van der Waals surface area contributed by atoms with Gasteiger partial charge in [0.25, 0.3) is 15.9 Å². The number of piperazine rings is 1. The van der Waals surface area contributed by atoms with Crippen LogP contribution in [0, 0.1) is 5.21 Å². The van der Waals surface area contributed by atoms with E-state index in [0.29, 0.717) is 20.9 Å². The van der Waals surface area contributed by atoms with Crippen LogP contribution in [0.5, 0.6) is 0 Å². The van der Waals surface area contributed by atoms with Crippen LogP contribution in [-0.4, -0.2) is 81.1 Å². The molecule has 11 nitrogen and oxygen atoms in total. The minimum Gasteiger partial charge on any atom is -0.619 e. The molecule has 38 heavy (non-hydrogen) atoms. The third-order valence-electron chi connectivity index (χ3n) is 6.90. The third-order valence-corrected chi connectivity index (χ3v) is 10.5. The quantitative estimate of drug-likeness (QED) is 0.274. The minimum absolute atomic E-state index is 0.111. The Kier molecular flexibility index (Phi) is 6.09. The number of carbonyl (C=O) groups excluding carboxylic acids is 1. The maximum absolute atomic E-state index is 13.5. The highest BCUT2D eigenvalue weighted by molar-refractivity contribution is 7.91. The maximum atomic E-state index is 13.5. The molecule has 2 aliphatic heterocycles. The van der Waals surface area contributed by atoms with Gasteiger partial charge in [0.1, 0.15) is 16.4 Å². The largest absolute Gasteiger partial charge is 0.619 e. The van der Waals surface area contributed by atoms with Crippen molar-refractivity contribution in [3.63, 3.8) is 0 Å². The van der Waals surface area contributed by atoms with Crippen LogP contribution in [0.4, 0.5) is 0 Å². The number of sulfonamides is 1. The summed E-state index contributed by atoms with van der Waals surface area (Å²) in [5.41, 5.74) is 1.27. The van der Waals surface area contributed by atoms with Crippen molar-refractivity contribution in [2.45, 2.75) is 28.5 Å². The summed E-state index contributed by atoms with van der Waals surface area (Å²) >= 11 is 7.12. The number of hydrogen-bond donors (Lipinski definition) is 2. The summed E-state index contributed by atoms with van der Waals surface area (Å²) in [7, 11) is -3.97. The van der Waals surface area contributed by atoms with Crippen molar-refractivity contribution in [1.82, 2.24) is 19.2 Å². The van der Waals surface area contributed by atoms with Crippen molar-refractivity contribution in [2.24, 2.45) is 0 Å². The summed E-state index contributed by atoms with van der Waals surface area (Å²) in [4.78, 5) is 23.0. The predicted molar refractivity (Wildman–Crippen MR) is 138 cm³/mol. The molecule has 1 amide bonds. The number of rotatable bonds is 4. The van der Waals surface area contributed by atoms with Gasteiger partial charge in [-0.3, -0.25) is 4.79 Å². The fourth-order valence-electron chi connectivity index (χ4n) is 4.95. The van der Waals surface area contributed by atoms with Gasteiger partial charge in [-0.1, -0.05) is 17.7 Å². The lowest BCUT2D eigenvalue weighted by atomic mass is 10.1. The van der Waals surface area contributed by atoms with Gasteiger partial charge in [0.2, 0.25) is 5.82 Å². The number of fused-ring (bicyclic) bond motifs is 3. The highest BCUT2D eigenvalue weighted by Crippen LogP contribution is 2.37. The number of nitrogens with zero attached hydrogens (tertiary/aromatic N) is 5. The Morgan fingerprint density at radius 1 is 1.03 bits per heavy atom. The van der Waals surface area contributed by atoms with Crippen LogP contribution in [0.1, 0.15) is 10.6 Å². The van der Waals surface area contributed by atoms with Crippen molar-refractivity contribution in [1.29, 1.82) is 0 Å². The Morgan fingerprint density at radius 2 is 1.66 bits per heavy atom. The Labute approximate surface area is 225 Å². The van der Waals surface area contributed by atoms with Crippen molar-refractivity contribution in [3.8, 4) is 11.1 Å². The molecule has 2 bridgehead atoms. The van der Waals surface area contributed by atoms with Crippen LogP contribution in [0.15, 0.2) is 65.4 Å². The average Bonchev–Trinajstić information content (AvgIpc) is 3.41. The van der Waals surface area contributed by atoms with Gasteiger partial charge in [-0.15, -0.1) is 11.3 Å². The summed E-state index contributed by atoms with van der Waals surface area (Å²) in [5, 5.41) is 33.9. The fraction of sp³-hybridized carbons (Fsp3) is 0.250. The van der Waals surface area contributed by atoms with Gasteiger partial charge >= 0.3 is 0 Å². The molecule has 196 valence electrons. The predicted octanol–water partition coefficient (Wildman–Crippen LogP) is 1.26. The van der Waals surface area contributed by atoms with E-state index in [-0.39, 0.29) is 23.1 Å². The van der Waals surface area contributed by atoms with Gasteiger partial charge in [0.05, 0.1) is 12.1 Å². The molecule has 6 rings (SSSR count). The van der Waals surface area contributed by atoms with E-state index in [1.807, 2.05) is 0 Å². The number of amides is 1. The van der Waals surface area contributed by atoms with Gasteiger partial charge in [-0.2, -0.15) is 9.04 Å². The van der Waals surface area contributed by atoms with Crippen LogP contribution < -0.4 is 4.73 Å². The number of aromatic nitrogens is 3. The number of aliphatic hydroxyl groups is 2. The lowest BCUT2D eigenvalue weighted by Gasteiger charge is -2.39. The lowest BCUT2D eigenvalue weighted by Crippen LogP contribution is -2.59. The zero-order valence-electron chi connectivity index (χ0n) is 19.5. The molecule has 1 aromatic carbocycles. The maximum Gasteiger partial charge on any atom is 0.292 e. The molecule has 0 radical (unpaired) electrons. The molecular formula is C24H20ClN5O6S2. The van der Waals surface area contributed by atoms with Crippen molar-refractivity contribution in [3.05, 3.63) is 77.2 Å². The van der Waals surface area contributed by atoms with E-state index in [1.165, 1.54) is 34.0 Å². The molecule has 2 aliphatic rings. The second kappa shape index (κ2) is 9.22. The van der Waals surface area contributed by atoms with Crippen LogP contribution >= 0.6 is 22.9 Å². The first-order valence-corrected chi connectivity index (χ1v) is 14.2. The number of aliphatic hydroxyl groups excluding tert-OH is 2. The number of benzene rings is 1. The van der Waals surface area contributed by atoms with E-state index in [1.54, 1.807) is 36.4 Å². The highest BCUT2D eigenvalue weighted by atomic mass is 35.5. The van der Waals surface area contributed by atoms with E-state index in [0.717, 1.165) is 21.4 Å². The van der Waals surface area contributed by atoms with Gasteiger partial charge in [-0.25, -0.2) is 18.4 Å². The average molecular weight is 574 g/mol.